The van der Waals surface area contributed by atoms with Crippen molar-refractivity contribution in [3.63, 3.8) is 0 Å². The predicted octanol–water partition coefficient (Wildman–Crippen LogP) is 3.43. The van der Waals surface area contributed by atoms with Crippen molar-refractivity contribution in [3.05, 3.63) is 29.8 Å². The number of imidazole rings is 1. The van der Waals surface area contributed by atoms with Gasteiger partial charge in [-0.2, -0.15) is 0 Å². The minimum Gasteiger partial charge on any atom is -0.342 e. The molecule has 0 unspecified atom stereocenters. The van der Waals surface area contributed by atoms with E-state index in [-0.39, 0.29) is 5.82 Å². The number of rotatable bonds is 2. The van der Waals surface area contributed by atoms with E-state index in [9.17, 15) is 4.39 Å². The summed E-state index contributed by atoms with van der Waals surface area (Å²) >= 11 is 0. The second-order valence-electron chi connectivity index (χ2n) is 4.67. The molecule has 1 heterocycles. The van der Waals surface area contributed by atoms with Crippen molar-refractivity contribution in [3.8, 4) is 0 Å². The summed E-state index contributed by atoms with van der Waals surface area (Å²) in [7, 11) is 0. The molecule has 16 heavy (non-hydrogen) atoms. The van der Waals surface area contributed by atoms with Crippen LogP contribution < -0.4 is 0 Å². The van der Waals surface area contributed by atoms with Gasteiger partial charge in [0.1, 0.15) is 11.3 Å². The SMILES string of the molecule is Fc1cccc2[nH]c(CC3CCCC3)nc12. The third-order valence-corrected chi connectivity index (χ3v) is 3.47. The van der Waals surface area contributed by atoms with Gasteiger partial charge in [-0.3, -0.25) is 0 Å². The highest BCUT2D eigenvalue weighted by atomic mass is 19.1. The van der Waals surface area contributed by atoms with Gasteiger partial charge in [-0.15, -0.1) is 0 Å². The Morgan fingerprint density at radius 2 is 2.12 bits per heavy atom. The van der Waals surface area contributed by atoms with E-state index in [1.54, 1.807) is 6.07 Å². The molecule has 2 aromatic rings. The van der Waals surface area contributed by atoms with Crippen molar-refractivity contribution in [2.24, 2.45) is 5.92 Å². The number of nitrogens with zero attached hydrogens (tertiary/aromatic N) is 1. The molecule has 0 aliphatic heterocycles. The lowest BCUT2D eigenvalue weighted by Gasteiger charge is -2.04. The van der Waals surface area contributed by atoms with Gasteiger partial charge in [-0.05, 0) is 18.1 Å². The Balaban J connectivity index is 1.90. The highest BCUT2D eigenvalue weighted by Gasteiger charge is 2.17. The average molecular weight is 218 g/mol. The monoisotopic (exact) mass is 218 g/mol. The first-order chi connectivity index (χ1) is 7.83. The zero-order valence-electron chi connectivity index (χ0n) is 9.17. The Labute approximate surface area is 93.9 Å². The fourth-order valence-electron chi connectivity index (χ4n) is 2.63. The first-order valence-electron chi connectivity index (χ1n) is 5.96. The van der Waals surface area contributed by atoms with Crippen molar-refractivity contribution in [2.45, 2.75) is 32.1 Å². The summed E-state index contributed by atoms with van der Waals surface area (Å²) in [4.78, 5) is 7.56. The maximum Gasteiger partial charge on any atom is 0.151 e. The van der Waals surface area contributed by atoms with Gasteiger partial charge in [0.2, 0.25) is 0 Å². The number of H-pyrrole nitrogens is 1. The van der Waals surface area contributed by atoms with Crippen LogP contribution in [-0.4, -0.2) is 9.97 Å². The molecule has 0 radical (unpaired) electrons. The van der Waals surface area contributed by atoms with E-state index in [4.69, 9.17) is 0 Å². The fraction of sp³-hybridized carbons (Fsp3) is 0.462. The van der Waals surface area contributed by atoms with E-state index < -0.39 is 0 Å². The largest absolute Gasteiger partial charge is 0.342 e. The van der Waals surface area contributed by atoms with Crippen molar-refractivity contribution < 1.29 is 4.39 Å². The lowest BCUT2D eigenvalue weighted by Crippen LogP contribution is -2.00. The van der Waals surface area contributed by atoms with Crippen molar-refractivity contribution >= 4 is 11.0 Å². The van der Waals surface area contributed by atoms with Crippen LogP contribution in [0.4, 0.5) is 4.39 Å². The molecular formula is C13H15FN2. The smallest absolute Gasteiger partial charge is 0.151 e. The Kier molecular flexibility index (Phi) is 2.39. The number of halogens is 1. The van der Waals surface area contributed by atoms with Crippen LogP contribution in [0.15, 0.2) is 18.2 Å². The molecule has 0 amide bonds. The molecule has 0 saturated heterocycles. The Morgan fingerprint density at radius 1 is 1.31 bits per heavy atom. The van der Waals surface area contributed by atoms with Gasteiger partial charge in [-0.25, -0.2) is 9.37 Å². The second-order valence-corrected chi connectivity index (χ2v) is 4.67. The van der Waals surface area contributed by atoms with E-state index in [0.29, 0.717) is 5.52 Å². The molecule has 84 valence electrons. The molecule has 0 atom stereocenters. The summed E-state index contributed by atoms with van der Waals surface area (Å²) in [6, 6.07) is 5.06. The number of fused-ring (bicyclic) bond motifs is 1. The van der Waals surface area contributed by atoms with Crippen molar-refractivity contribution in [1.82, 2.24) is 9.97 Å². The molecule has 1 fully saturated rings. The standard InChI is InChI=1S/C13H15FN2/c14-10-6-3-7-11-13(10)16-12(15-11)8-9-4-1-2-5-9/h3,6-7,9H,1-2,4-5,8H2,(H,15,16). The predicted molar refractivity (Wildman–Crippen MR) is 61.7 cm³/mol. The molecule has 1 aliphatic rings. The zero-order chi connectivity index (χ0) is 11.0. The third kappa shape index (κ3) is 1.70. The van der Waals surface area contributed by atoms with Crippen LogP contribution in [-0.2, 0) is 6.42 Å². The zero-order valence-corrected chi connectivity index (χ0v) is 9.17. The molecular weight excluding hydrogens is 203 g/mol. The minimum atomic E-state index is -0.230. The van der Waals surface area contributed by atoms with Crippen LogP contribution in [0.1, 0.15) is 31.5 Å². The molecule has 1 aromatic carbocycles. The highest BCUT2D eigenvalue weighted by molar-refractivity contribution is 5.75. The summed E-state index contributed by atoms with van der Waals surface area (Å²) in [5.74, 6) is 1.45. The summed E-state index contributed by atoms with van der Waals surface area (Å²) in [5.41, 5.74) is 1.29. The molecule has 1 aliphatic carbocycles. The first kappa shape index (κ1) is 9.82. The minimum absolute atomic E-state index is 0.230. The van der Waals surface area contributed by atoms with Gasteiger partial charge in [-0.1, -0.05) is 31.7 Å². The Bertz CT molecular complexity index is 498. The summed E-state index contributed by atoms with van der Waals surface area (Å²) in [6.07, 6.45) is 6.21. The van der Waals surface area contributed by atoms with E-state index in [2.05, 4.69) is 9.97 Å². The number of benzene rings is 1. The lowest BCUT2D eigenvalue weighted by molar-refractivity contribution is 0.533. The lowest BCUT2D eigenvalue weighted by atomic mass is 10.0. The van der Waals surface area contributed by atoms with E-state index >= 15 is 0 Å². The molecule has 3 heteroatoms. The maximum atomic E-state index is 13.4. The van der Waals surface area contributed by atoms with Gasteiger partial charge >= 0.3 is 0 Å². The molecule has 3 rings (SSSR count). The number of aromatic nitrogens is 2. The van der Waals surface area contributed by atoms with Gasteiger partial charge in [0.15, 0.2) is 5.82 Å². The molecule has 1 saturated carbocycles. The van der Waals surface area contributed by atoms with Gasteiger partial charge < -0.3 is 4.98 Å². The van der Waals surface area contributed by atoms with Crippen molar-refractivity contribution in [1.29, 1.82) is 0 Å². The molecule has 1 N–H and O–H groups in total. The van der Waals surface area contributed by atoms with E-state index in [0.717, 1.165) is 23.7 Å². The van der Waals surface area contributed by atoms with Crippen LogP contribution >= 0.6 is 0 Å². The number of hydrogen-bond donors (Lipinski definition) is 1. The highest BCUT2D eigenvalue weighted by Crippen LogP contribution is 2.28. The van der Waals surface area contributed by atoms with Crippen LogP contribution in [0.2, 0.25) is 0 Å². The molecule has 1 aromatic heterocycles. The summed E-state index contributed by atoms with van der Waals surface area (Å²) in [6.45, 7) is 0. The average Bonchev–Trinajstić information content (AvgIpc) is 2.88. The first-order valence-corrected chi connectivity index (χ1v) is 5.96. The number of nitrogens with one attached hydrogen (secondary N) is 1. The van der Waals surface area contributed by atoms with E-state index in [1.165, 1.54) is 31.7 Å². The third-order valence-electron chi connectivity index (χ3n) is 3.47. The van der Waals surface area contributed by atoms with Crippen LogP contribution in [0.5, 0.6) is 0 Å². The second kappa shape index (κ2) is 3.89. The van der Waals surface area contributed by atoms with Gasteiger partial charge in [0, 0.05) is 6.42 Å². The van der Waals surface area contributed by atoms with Crippen LogP contribution in [0, 0.1) is 11.7 Å². The van der Waals surface area contributed by atoms with Crippen molar-refractivity contribution in [2.75, 3.05) is 0 Å². The van der Waals surface area contributed by atoms with Gasteiger partial charge in [0.25, 0.3) is 0 Å². The number of aromatic amines is 1. The topological polar surface area (TPSA) is 28.7 Å². The van der Waals surface area contributed by atoms with E-state index in [1.807, 2.05) is 6.07 Å². The van der Waals surface area contributed by atoms with Crippen LogP contribution in [0.3, 0.4) is 0 Å². The molecule has 0 bridgehead atoms. The fourth-order valence-corrected chi connectivity index (χ4v) is 2.63. The Hall–Kier alpha value is -1.38. The quantitative estimate of drug-likeness (QED) is 0.821. The normalized spacial score (nSPS) is 17.3. The van der Waals surface area contributed by atoms with Gasteiger partial charge in [0.05, 0.1) is 5.52 Å². The maximum absolute atomic E-state index is 13.4. The molecule has 0 spiro atoms. The number of hydrogen-bond acceptors (Lipinski definition) is 1. The van der Waals surface area contributed by atoms with Crippen LogP contribution in [0.25, 0.3) is 11.0 Å². The number of para-hydroxylation sites is 1. The summed E-state index contributed by atoms with van der Waals surface area (Å²) in [5, 5.41) is 0. The molecule has 2 nitrogen and oxygen atoms in total. The Morgan fingerprint density at radius 3 is 2.88 bits per heavy atom. The summed E-state index contributed by atoms with van der Waals surface area (Å²) < 4.78 is 13.4.